The highest BCUT2D eigenvalue weighted by Gasteiger charge is 2.39. The Morgan fingerprint density at radius 1 is 1.40 bits per heavy atom. The van der Waals surface area contributed by atoms with E-state index in [0.717, 1.165) is 11.3 Å². The second-order valence-corrected chi connectivity index (χ2v) is 8.97. The molecule has 3 rings (SSSR count). The summed E-state index contributed by atoms with van der Waals surface area (Å²) in [5.74, 6) is -0.404. The highest BCUT2D eigenvalue weighted by molar-refractivity contribution is 7.91. The Morgan fingerprint density at radius 3 is 2.84 bits per heavy atom. The monoisotopic (exact) mass is 395 g/mol. The van der Waals surface area contributed by atoms with Crippen molar-refractivity contribution < 1.29 is 13.2 Å². The zero-order valence-electron chi connectivity index (χ0n) is 13.0. The first kappa shape index (κ1) is 17.9. The number of rotatable bonds is 4. The van der Waals surface area contributed by atoms with Crippen molar-refractivity contribution in [2.24, 2.45) is 0 Å². The molecular weight excluding hydrogens is 382 g/mol. The maximum absolute atomic E-state index is 12.7. The molecule has 1 amide bonds. The first-order chi connectivity index (χ1) is 11.9. The normalized spacial score (nSPS) is 18.0. The lowest BCUT2D eigenvalue weighted by Crippen LogP contribution is -2.42. The molecule has 0 saturated carbocycles. The van der Waals surface area contributed by atoms with Crippen LogP contribution in [0.2, 0.25) is 5.02 Å². The Balaban J connectivity index is 1.80. The Morgan fingerprint density at radius 2 is 2.20 bits per heavy atom. The zero-order valence-corrected chi connectivity index (χ0v) is 15.4. The van der Waals surface area contributed by atoms with Crippen LogP contribution >= 0.6 is 22.9 Å². The Bertz CT molecular complexity index is 936. The number of nitrogens with zero attached hydrogens (tertiary/aromatic N) is 2. The lowest BCUT2D eigenvalue weighted by atomic mass is 10.2. The van der Waals surface area contributed by atoms with Crippen LogP contribution in [0.25, 0.3) is 0 Å². The third kappa shape index (κ3) is 3.55. The van der Waals surface area contributed by atoms with E-state index in [1.807, 2.05) is 6.07 Å². The summed E-state index contributed by atoms with van der Waals surface area (Å²) < 4.78 is 26.9. The molecule has 2 heterocycles. The van der Waals surface area contributed by atoms with Crippen molar-refractivity contribution in [1.29, 1.82) is 5.26 Å². The Labute approximate surface area is 154 Å². The molecule has 0 radical (unpaired) electrons. The van der Waals surface area contributed by atoms with Crippen LogP contribution in [-0.4, -0.2) is 31.2 Å². The van der Waals surface area contributed by atoms with Crippen LogP contribution in [0.4, 0.5) is 5.69 Å². The minimum Gasteiger partial charge on any atom is -0.325 e. The molecule has 130 valence electrons. The second kappa shape index (κ2) is 7.14. The number of carbonyl (C=O) groups is 1. The van der Waals surface area contributed by atoms with Gasteiger partial charge in [-0.25, -0.2) is 8.42 Å². The van der Waals surface area contributed by atoms with Gasteiger partial charge in [0.2, 0.25) is 5.91 Å². The van der Waals surface area contributed by atoms with Gasteiger partial charge in [0.15, 0.2) is 0 Å². The third-order valence-corrected chi connectivity index (χ3v) is 7.52. The summed E-state index contributed by atoms with van der Waals surface area (Å²) in [5, 5.41) is 13.5. The number of nitrogens with one attached hydrogen (secondary N) is 1. The van der Waals surface area contributed by atoms with Gasteiger partial charge in [-0.15, -0.1) is 11.3 Å². The summed E-state index contributed by atoms with van der Waals surface area (Å²) in [5.41, 5.74) is 0.733. The van der Waals surface area contributed by atoms with E-state index in [0.29, 0.717) is 30.6 Å². The van der Waals surface area contributed by atoms with Crippen LogP contribution in [0.5, 0.6) is 0 Å². The van der Waals surface area contributed by atoms with Gasteiger partial charge in [-0.3, -0.25) is 4.79 Å². The van der Waals surface area contributed by atoms with E-state index in [-0.39, 0.29) is 9.23 Å². The molecule has 25 heavy (non-hydrogen) atoms. The number of hydrogen-bond acceptors (Lipinski definition) is 5. The Hall–Kier alpha value is -1.92. The molecule has 0 aliphatic carbocycles. The molecule has 1 N–H and O–H groups in total. The number of anilines is 1. The molecule has 1 aliphatic heterocycles. The topological polar surface area (TPSA) is 90.3 Å². The smallest absolute Gasteiger partial charge is 0.253 e. The van der Waals surface area contributed by atoms with Gasteiger partial charge in [-0.05, 0) is 42.5 Å². The lowest BCUT2D eigenvalue weighted by Gasteiger charge is -2.22. The number of sulfonamides is 1. The maximum Gasteiger partial charge on any atom is 0.253 e. The van der Waals surface area contributed by atoms with Crippen LogP contribution in [0.3, 0.4) is 0 Å². The number of hydrogen-bond donors (Lipinski definition) is 1. The second-order valence-electron chi connectivity index (χ2n) is 5.50. The Kier molecular flexibility index (Phi) is 5.11. The van der Waals surface area contributed by atoms with Gasteiger partial charge < -0.3 is 5.32 Å². The molecule has 0 spiro atoms. The van der Waals surface area contributed by atoms with Crippen molar-refractivity contribution in [1.82, 2.24) is 4.31 Å². The number of amides is 1. The van der Waals surface area contributed by atoms with Crippen molar-refractivity contribution in [3.8, 4) is 6.07 Å². The molecule has 0 bridgehead atoms. The molecule has 1 atom stereocenters. The number of benzene rings is 1. The highest BCUT2D eigenvalue weighted by atomic mass is 35.5. The van der Waals surface area contributed by atoms with Crippen molar-refractivity contribution >= 4 is 44.6 Å². The standard InChI is InChI=1S/C16H14ClN3O3S2/c17-13-9-12(6-5-11(13)10-18)19-16(21)14-3-1-7-20(14)25(22,23)15-4-2-8-24-15/h2,4-6,8-9,14H,1,3,7H2,(H,19,21). The molecular formula is C16H14ClN3O3S2. The van der Waals surface area contributed by atoms with Gasteiger partial charge in [0.1, 0.15) is 16.3 Å². The van der Waals surface area contributed by atoms with Crippen molar-refractivity contribution in [2.75, 3.05) is 11.9 Å². The number of carbonyl (C=O) groups excluding carboxylic acids is 1. The summed E-state index contributed by atoms with van der Waals surface area (Å²) in [6, 6.07) is 8.93. The minimum absolute atomic E-state index is 0.230. The van der Waals surface area contributed by atoms with Crippen LogP contribution in [0.15, 0.2) is 39.9 Å². The first-order valence-electron chi connectivity index (χ1n) is 7.49. The van der Waals surface area contributed by atoms with Gasteiger partial charge in [0.25, 0.3) is 10.0 Å². The zero-order chi connectivity index (χ0) is 18.0. The summed E-state index contributed by atoms with van der Waals surface area (Å²) in [4.78, 5) is 12.6. The van der Waals surface area contributed by atoms with Crippen molar-refractivity contribution in [3.05, 3.63) is 46.3 Å². The summed E-state index contributed by atoms with van der Waals surface area (Å²) in [6.07, 6.45) is 1.08. The van der Waals surface area contributed by atoms with Gasteiger partial charge in [-0.1, -0.05) is 17.7 Å². The average Bonchev–Trinajstić information content (AvgIpc) is 3.27. The van der Waals surface area contributed by atoms with E-state index in [1.54, 1.807) is 17.5 Å². The fourth-order valence-corrected chi connectivity index (χ4v) is 5.72. The van der Waals surface area contributed by atoms with Crippen LogP contribution in [-0.2, 0) is 14.8 Å². The number of thiophene rings is 1. The van der Waals surface area contributed by atoms with E-state index < -0.39 is 22.0 Å². The van der Waals surface area contributed by atoms with Crippen molar-refractivity contribution in [2.45, 2.75) is 23.1 Å². The van der Waals surface area contributed by atoms with E-state index in [9.17, 15) is 13.2 Å². The molecule has 1 saturated heterocycles. The van der Waals surface area contributed by atoms with Crippen LogP contribution in [0, 0.1) is 11.3 Å². The summed E-state index contributed by atoms with van der Waals surface area (Å²) >= 11 is 7.09. The highest BCUT2D eigenvalue weighted by Crippen LogP contribution is 2.29. The van der Waals surface area contributed by atoms with Gasteiger partial charge >= 0.3 is 0 Å². The van der Waals surface area contributed by atoms with Crippen molar-refractivity contribution in [3.63, 3.8) is 0 Å². The number of nitriles is 1. The molecule has 1 aromatic heterocycles. The van der Waals surface area contributed by atoms with Gasteiger partial charge in [0.05, 0.1) is 10.6 Å². The van der Waals surface area contributed by atoms with Crippen LogP contribution in [0.1, 0.15) is 18.4 Å². The quantitative estimate of drug-likeness (QED) is 0.861. The van der Waals surface area contributed by atoms with Crippen LogP contribution < -0.4 is 5.32 Å². The predicted octanol–water partition coefficient (Wildman–Crippen LogP) is 3.06. The molecule has 6 nitrogen and oxygen atoms in total. The van der Waals surface area contributed by atoms with E-state index in [2.05, 4.69) is 5.32 Å². The summed E-state index contributed by atoms with van der Waals surface area (Å²) in [7, 11) is -3.68. The van der Waals surface area contributed by atoms with E-state index in [4.69, 9.17) is 16.9 Å². The fraction of sp³-hybridized carbons (Fsp3) is 0.250. The van der Waals surface area contributed by atoms with Gasteiger partial charge in [0, 0.05) is 12.2 Å². The van der Waals surface area contributed by atoms with E-state index >= 15 is 0 Å². The molecule has 9 heteroatoms. The third-order valence-electron chi connectivity index (χ3n) is 3.92. The molecule has 1 aliphatic rings. The summed E-state index contributed by atoms with van der Waals surface area (Å²) in [6.45, 7) is 0.312. The predicted molar refractivity (Wildman–Crippen MR) is 96.0 cm³/mol. The minimum atomic E-state index is -3.68. The maximum atomic E-state index is 12.7. The van der Waals surface area contributed by atoms with Gasteiger partial charge in [-0.2, -0.15) is 9.57 Å². The largest absolute Gasteiger partial charge is 0.325 e. The average molecular weight is 396 g/mol. The van der Waals surface area contributed by atoms with E-state index in [1.165, 1.54) is 22.5 Å². The molecule has 1 fully saturated rings. The SMILES string of the molecule is N#Cc1ccc(NC(=O)C2CCCN2S(=O)(=O)c2cccs2)cc1Cl. The molecule has 1 aromatic carbocycles. The first-order valence-corrected chi connectivity index (χ1v) is 10.2. The number of halogens is 1. The molecule has 1 unspecified atom stereocenters. The fourth-order valence-electron chi connectivity index (χ4n) is 2.72. The lowest BCUT2D eigenvalue weighted by molar-refractivity contribution is -0.119. The molecule has 2 aromatic rings.